The summed E-state index contributed by atoms with van der Waals surface area (Å²) in [4.78, 5) is 12.5. The number of unbranched alkanes of at least 4 members (excludes halogenated alkanes) is 34. The van der Waals surface area contributed by atoms with E-state index in [0.717, 1.165) is 70.6 Å². The van der Waals surface area contributed by atoms with Crippen molar-refractivity contribution in [2.45, 2.75) is 309 Å². The molecule has 0 aliphatic carbocycles. The standard InChI is InChI=1S/C66H117NO3/c1-3-5-7-9-11-13-15-17-19-21-23-24-25-26-27-28-29-30-31-32-33-34-35-36-37-38-39-40-41-42-44-46-48-50-52-54-56-58-60-62-66(70)67-64(63-68)65(69)61-59-57-55-53-51-49-47-45-43-22-20-18-16-14-12-10-8-6-4-2/h5,7,11,13,17,19,23-24,26-27,43,45,51,53,59,61,64-65,68-69H,3-4,6,8-10,12,14-16,18,20-22,25,28-42,44,46-50,52,54-58,60,62-63H2,1-2H3,(H,67,70)/b7-5-,13-11-,19-17-,24-23-,27-26-,45-43+,53-51+,61-59+. The second kappa shape index (κ2) is 60.6. The summed E-state index contributed by atoms with van der Waals surface area (Å²) in [5.41, 5.74) is 0. The Hall–Kier alpha value is -2.69. The van der Waals surface area contributed by atoms with E-state index in [1.807, 2.05) is 6.08 Å². The summed E-state index contributed by atoms with van der Waals surface area (Å²) in [7, 11) is 0. The fourth-order valence-corrected chi connectivity index (χ4v) is 8.95. The minimum atomic E-state index is -0.873. The first-order chi connectivity index (χ1) is 34.7. The highest BCUT2D eigenvalue weighted by atomic mass is 16.3. The van der Waals surface area contributed by atoms with E-state index in [4.69, 9.17) is 0 Å². The van der Waals surface area contributed by atoms with E-state index >= 15 is 0 Å². The quantitative estimate of drug-likeness (QED) is 0.0420. The Morgan fingerprint density at radius 2 is 0.643 bits per heavy atom. The molecule has 2 unspecified atom stereocenters. The molecule has 0 heterocycles. The van der Waals surface area contributed by atoms with Gasteiger partial charge in [0.1, 0.15) is 0 Å². The maximum atomic E-state index is 12.5. The third kappa shape index (κ3) is 56.2. The second-order valence-corrected chi connectivity index (χ2v) is 20.4. The Bertz CT molecular complexity index is 1290. The van der Waals surface area contributed by atoms with Gasteiger partial charge in [0.25, 0.3) is 0 Å². The smallest absolute Gasteiger partial charge is 0.220 e. The van der Waals surface area contributed by atoms with E-state index in [1.54, 1.807) is 6.08 Å². The molecule has 0 aromatic rings. The zero-order valence-corrected chi connectivity index (χ0v) is 46.5. The third-order valence-electron chi connectivity index (χ3n) is 13.5. The third-order valence-corrected chi connectivity index (χ3v) is 13.5. The van der Waals surface area contributed by atoms with Gasteiger partial charge in [0.05, 0.1) is 18.8 Å². The molecule has 2 atom stereocenters. The van der Waals surface area contributed by atoms with E-state index in [1.165, 1.54) is 205 Å². The molecule has 0 fully saturated rings. The van der Waals surface area contributed by atoms with Crippen LogP contribution in [0, 0.1) is 0 Å². The minimum absolute atomic E-state index is 0.0758. The number of amides is 1. The number of aliphatic hydroxyl groups excluding tert-OH is 2. The largest absolute Gasteiger partial charge is 0.394 e. The fourth-order valence-electron chi connectivity index (χ4n) is 8.95. The Morgan fingerprint density at radius 1 is 0.357 bits per heavy atom. The molecule has 0 bridgehead atoms. The van der Waals surface area contributed by atoms with Crippen LogP contribution in [0.1, 0.15) is 296 Å². The van der Waals surface area contributed by atoms with Crippen molar-refractivity contribution in [3.63, 3.8) is 0 Å². The molecule has 0 aliphatic rings. The normalized spacial score (nSPS) is 13.5. The molecule has 0 aromatic heterocycles. The number of nitrogens with one attached hydrogen (secondary N) is 1. The monoisotopic (exact) mass is 972 g/mol. The van der Waals surface area contributed by atoms with E-state index in [2.05, 4.69) is 104 Å². The molecule has 3 N–H and O–H groups in total. The molecule has 0 saturated heterocycles. The number of hydrogen-bond acceptors (Lipinski definition) is 3. The SMILES string of the molecule is CC/C=C\C/C=C\C/C=C\C/C=C\C/C=C\CCCCCCCCCCCCCCCCCCCCCCCCCC(=O)NC(CO)C(O)/C=C/CC/C=C/CC/C=C/CCCCCCCCCCC. The average Bonchev–Trinajstić information content (AvgIpc) is 3.36. The molecule has 0 saturated carbocycles. The predicted octanol–water partition coefficient (Wildman–Crippen LogP) is 20.5. The van der Waals surface area contributed by atoms with Crippen LogP contribution in [0.15, 0.2) is 97.2 Å². The Morgan fingerprint density at radius 3 is 1.00 bits per heavy atom. The lowest BCUT2D eigenvalue weighted by Gasteiger charge is -2.19. The van der Waals surface area contributed by atoms with Gasteiger partial charge in [-0.25, -0.2) is 0 Å². The summed E-state index contributed by atoms with van der Waals surface area (Å²) in [6, 6.07) is -0.648. The highest BCUT2D eigenvalue weighted by molar-refractivity contribution is 5.76. The van der Waals surface area contributed by atoms with Crippen molar-refractivity contribution in [2.75, 3.05) is 6.61 Å². The van der Waals surface area contributed by atoms with Crippen LogP contribution in [-0.4, -0.2) is 34.9 Å². The Balaban J connectivity index is 3.48. The molecule has 0 spiro atoms. The lowest BCUT2D eigenvalue weighted by Crippen LogP contribution is -2.45. The number of carbonyl (C=O) groups is 1. The average molecular weight is 973 g/mol. The molecule has 70 heavy (non-hydrogen) atoms. The molecule has 4 heteroatoms. The number of hydrogen-bond donors (Lipinski definition) is 3. The molecule has 0 aliphatic heterocycles. The molecular weight excluding hydrogens is 855 g/mol. The number of carbonyl (C=O) groups excluding carboxylic acids is 1. The van der Waals surface area contributed by atoms with Crippen LogP contribution in [0.2, 0.25) is 0 Å². The zero-order valence-electron chi connectivity index (χ0n) is 46.5. The first kappa shape index (κ1) is 67.3. The Labute approximate surface area is 436 Å². The van der Waals surface area contributed by atoms with Crippen LogP contribution >= 0.6 is 0 Å². The number of aliphatic hydroxyl groups is 2. The number of rotatable bonds is 55. The van der Waals surface area contributed by atoms with Gasteiger partial charge in [-0.05, 0) is 89.9 Å². The van der Waals surface area contributed by atoms with Crippen LogP contribution in [0.5, 0.6) is 0 Å². The van der Waals surface area contributed by atoms with Crippen molar-refractivity contribution in [1.82, 2.24) is 5.32 Å². The van der Waals surface area contributed by atoms with Crippen molar-refractivity contribution < 1.29 is 15.0 Å². The lowest BCUT2D eigenvalue weighted by atomic mass is 10.0. The van der Waals surface area contributed by atoms with Gasteiger partial charge >= 0.3 is 0 Å². The zero-order chi connectivity index (χ0) is 50.6. The summed E-state index contributed by atoms with van der Waals surface area (Å²) in [5, 5.41) is 23.1. The molecule has 0 rings (SSSR count). The van der Waals surface area contributed by atoms with Crippen molar-refractivity contribution >= 4 is 5.91 Å². The lowest BCUT2D eigenvalue weighted by molar-refractivity contribution is -0.123. The summed E-state index contributed by atoms with van der Waals surface area (Å²) < 4.78 is 0. The van der Waals surface area contributed by atoms with E-state index < -0.39 is 12.1 Å². The highest BCUT2D eigenvalue weighted by Crippen LogP contribution is 2.17. The van der Waals surface area contributed by atoms with Crippen molar-refractivity contribution in [1.29, 1.82) is 0 Å². The van der Waals surface area contributed by atoms with Gasteiger partial charge in [0, 0.05) is 6.42 Å². The van der Waals surface area contributed by atoms with Gasteiger partial charge in [0.2, 0.25) is 5.91 Å². The van der Waals surface area contributed by atoms with Crippen LogP contribution in [0.4, 0.5) is 0 Å². The summed E-state index contributed by atoms with van der Waals surface area (Å²) in [6.45, 7) is 4.19. The highest BCUT2D eigenvalue weighted by Gasteiger charge is 2.18. The molecule has 1 amide bonds. The van der Waals surface area contributed by atoms with Crippen LogP contribution < -0.4 is 5.32 Å². The molecule has 404 valence electrons. The molecule has 4 nitrogen and oxygen atoms in total. The van der Waals surface area contributed by atoms with Gasteiger partial charge in [-0.1, -0.05) is 297 Å². The van der Waals surface area contributed by atoms with Gasteiger partial charge in [-0.3, -0.25) is 4.79 Å². The van der Waals surface area contributed by atoms with Crippen molar-refractivity contribution in [3.05, 3.63) is 97.2 Å². The van der Waals surface area contributed by atoms with Crippen LogP contribution in [0.25, 0.3) is 0 Å². The number of allylic oxidation sites excluding steroid dienone is 15. The molecule has 0 radical (unpaired) electrons. The first-order valence-corrected chi connectivity index (χ1v) is 30.5. The maximum Gasteiger partial charge on any atom is 0.220 e. The van der Waals surface area contributed by atoms with E-state index in [9.17, 15) is 15.0 Å². The molecular formula is C66H117NO3. The second-order valence-electron chi connectivity index (χ2n) is 20.4. The summed E-state index contributed by atoms with van der Waals surface area (Å²) >= 11 is 0. The first-order valence-electron chi connectivity index (χ1n) is 30.5. The van der Waals surface area contributed by atoms with E-state index in [-0.39, 0.29) is 12.5 Å². The van der Waals surface area contributed by atoms with Gasteiger partial charge in [-0.15, -0.1) is 0 Å². The van der Waals surface area contributed by atoms with Gasteiger partial charge < -0.3 is 15.5 Å². The summed E-state index contributed by atoms with van der Waals surface area (Å²) in [5.74, 6) is -0.0758. The maximum absolute atomic E-state index is 12.5. The molecule has 0 aromatic carbocycles. The summed E-state index contributed by atoms with van der Waals surface area (Å²) in [6.07, 6.45) is 90.2. The minimum Gasteiger partial charge on any atom is -0.394 e. The van der Waals surface area contributed by atoms with Gasteiger partial charge in [-0.2, -0.15) is 0 Å². The van der Waals surface area contributed by atoms with Crippen LogP contribution in [0.3, 0.4) is 0 Å². The van der Waals surface area contributed by atoms with Crippen molar-refractivity contribution in [3.8, 4) is 0 Å². The predicted molar refractivity (Wildman–Crippen MR) is 313 cm³/mol. The fraction of sp³-hybridized carbons (Fsp3) is 0.742. The van der Waals surface area contributed by atoms with Crippen LogP contribution in [-0.2, 0) is 4.79 Å². The Kier molecular flexibility index (Phi) is 58.3. The van der Waals surface area contributed by atoms with Crippen molar-refractivity contribution in [2.24, 2.45) is 0 Å². The topological polar surface area (TPSA) is 69.6 Å². The van der Waals surface area contributed by atoms with Gasteiger partial charge in [0.15, 0.2) is 0 Å². The van der Waals surface area contributed by atoms with E-state index in [0.29, 0.717) is 6.42 Å².